The molecule has 1 aromatic heterocycles. The summed E-state index contributed by atoms with van der Waals surface area (Å²) in [7, 11) is 0. The molecule has 0 saturated carbocycles. The molecule has 22 heavy (non-hydrogen) atoms. The van der Waals surface area contributed by atoms with Gasteiger partial charge >= 0.3 is 0 Å². The minimum Gasteiger partial charge on any atom is -0.360 e. The summed E-state index contributed by atoms with van der Waals surface area (Å²) in [5.74, 6) is -0.654. The van der Waals surface area contributed by atoms with E-state index in [2.05, 4.69) is 22.2 Å². The van der Waals surface area contributed by atoms with Crippen LogP contribution in [0.1, 0.15) is 23.2 Å². The maximum absolute atomic E-state index is 12.4. The van der Waals surface area contributed by atoms with Crippen molar-refractivity contribution in [3.05, 3.63) is 58.5 Å². The minimum atomic E-state index is -0.594. The van der Waals surface area contributed by atoms with Crippen LogP contribution in [0.2, 0.25) is 0 Å². The lowest BCUT2D eigenvalue weighted by Crippen LogP contribution is -2.49. The fourth-order valence-electron chi connectivity index (χ4n) is 2.54. The fourth-order valence-corrected chi connectivity index (χ4v) is 2.54. The van der Waals surface area contributed by atoms with Crippen molar-refractivity contribution in [1.29, 1.82) is 0 Å². The first kappa shape index (κ1) is 14.1. The average Bonchev–Trinajstić information content (AvgIpc) is 2.50. The van der Waals surface area contributed by atoms with Gasteiger partial charge in [-0.3, -0.25) is 14.4 Å². The first-order valence-electron chi connectivity index (χ1n) is 6.96. The zero-order valence-corrected chi connectivity index (χ0v) is 11.8. The second-order valence-electron chi connectivity index (χ2n) is 5.23. The summed E-state index contributed by atoms with van der Waals surface area (Å²) in [6, 6.07) is 5.73. The highest BCUT2D eigenvalue weighted by Gasteiger charge is 2.26. The van der Waals surface area contributed by atoms with Crippen LogP contribution in [0.25, 0.3) is 10.9 Å². The predicted octanol–water partition coefficient (Wildman–Crippen LogP) is 1.05. The molecule has 3 rings (SSSR count). The van der Waals surface area contributed by atoms with Crippen LogP contribution in [-0.2, 0) is 4.79 Å². The molecule has 0 spiro atoms. The molecule has 1 unspecified atom stereocenters. The maximum atomic E-state index is 12.4. The van der Waals surface area contributed by atoms with E-state index in [1.807, 2.05) is 0 Å². The quantitative estimate of drug-likeness (QED) is 0.774. The molecular formula is C16H15N3O3. The number of fused-ring (bicyclic) bond motifs is 1. The first-order valence-corrected chi connectivity index (χ1v) is 6.96. The fraction of sp³-hybridized carbons (Fsp3) is 0.188. The van der Waals surface area contributed by atoms with Gasteiger partial charge in [-0.2, -0.15) is 0 Å². The van der Waals surface area contributed by atoms with E-state index in [9.17, 15) is 14.4 Å². The topological polar surface area (TPSA) is 91.1 Å². The highest BCUT2D eigenvalue weighted by atomic mass is 16.2. The van der Waals surface area contributed by atoms with Crippen LogP contribution in [0.3, 0.4) is 0 Å². The van der Waals surface area contributed by atoms with E-state index in [-0.39, 0.29) is 17.2 Å². The summed E-state index contributed by atoms with van der Waals surface area (Å²) in [6.07, 6.45) is 2.64. The molecule has 2 aromatic rings. The van der Waals surface area contributed by atoms with E-state index >= 15 is 0 Å². The number of pyridine rings is 1. The van der Waals surface area contributed by atoms with Gasteiger partial charge < -0.3 is 15.6 Å². The van der Waals surface area contributed by atoms with E-state index in [0.717, 1.165) is 0 Å². The van der Waals surface area contributed by atoms with Crippen LogP contribution >= 0.6 is 0 Å². The smallest absolute Gasteiger partial charge is 0.254 e. The van der Waals surface area contributed by atoms with Gasteiger partial charge in [0.1, 0.15) is 6.04 Å². The molecule has 6 heteroatoms. The standard InChI is InChI=1S/C16H15N3O3/c1-9-5-6-12(16(22)18-9)19-15(21)11-4-2-3-10-13(20)7-8-17-14(10)11/h2-4,7-8,12H,1,5-6H2,(H,17,20)(H,18,22)(H,19,21). The van der Waals surface area contributed by atoms with Crippen molar-refractivity contribution in [2.75, 3.05) is 0 Å². The number of para-hydroxylation sites is 1. The van der Waals surface area contributed by atoms with Gasteiger partial charge in [-0.15, -0.1) is 0 Å². The lowest BCUT2D eigenvalue weighted by atomic mass is 10.0. The molecule has 1 aromatic carbocycles. The largest absolute Gasteiger partial charge is 0.360 e. The van der Waals surface area contributed by atoms with Gasteiger partial charge in [0.15, 0.2) is 5.43 Å². The number of carbonyl (C=O) groups is 2. The molecule has 1 atom stereocenters. The molecular weight excluding hydrogens is 282 g/mol. The van der Waals surface area contributed by atoms with Crippen LogP contribution in [0, 0.1) is 0 Å². The zero-order valence-electron chi connectivity index (χ0n) is 11.8. The molecule has 1 fully saturated rings. The van der Waals surface area contributed by atoms with Gasteiger partial charge in [-0.25, -0.2) is 0 Å². The Balaban J connectivity index is 1.90. The first-order chi connectivity index (χ1) is 10.6. The Bertz CT molecular complexity index is 838. The van der Waals surface area contributed by atoms with Crippen LogP contribution in [0.15, 0.2) is 47.5 Å². The van der Waals surface area contributed by atoms with Crippen molar-refractivity contribution in [3.63, 3.8) is 0 Å². The SMILES string of the molecule is C=C1CCC(NC(=O)c2cccc3c(=O)cc[nH]c23)C(=O)N1. The molecule has 0 radical (unpaired) electrons. The maximum Gasteiger partial charge on any atom is 0.254 e. The van der Waals surface area contributed by atoms with Crippen LogP contribution < -0.4 is 16.1 Å². The van der Waals surface area contributed by atoms with Crippen molar-refractivity contribution in [3.8, 4) is 0 Å². The van der Waals surface area contributed by atoms with Crippen molar-refractivity contribution < 1.29 is 9.59 Å². The Morgan fingerprint density at radius 1 is 1.27 bits per heavy atom. The molecule has 6 nitrogen and oxygen atoms in total. The summed E-state index contributed by atoms with van der Waals surface area (Å²) in [6.45, 7) is 3.70. The van der Waals surface area contributed by atoms with E-state index in [4.69, 9.17) is 0 Å². The molecule has 1 aliphatic heterocycles. The second kappa shape index (κ2) is 5.48. The van der Waals surface area contributed by atoms with Gasteiger partial charge in [0.05, 0.1) is 11.1 Å². The Labute approximate surface area is 126 Å². The van der Waals surface area contributed by atoms with Crippen molar-refractivity contribution >= 4 is 22.7 Å². The van der Waals surface area contributed by atoms with Crippen LogP contribution in [0.5, 0.6) is 0 Å². The van der Waals surface area contributed by atoms with Gasteiger partial charge in [0.25, 0.3) is 5.91 Å². The Morgan fingerprint density at radius 2 is 2.09 bits per heavy atom. The normalized spacial score (nSPS) is 18.1. The average molecular weight is 297 g/mol. The van der Waals surface area contributed by atoms with Crippen molar-refractivity contribution in [2.24, 2.45) is 0 Å². The van der Waals surface area contributed by atoms with Crippen LogP contribution in [0.4, 0.5) is 0 Å². The third-order valence-electron chi connectivity index (χ3n) is 3.69. The number of piperidine rings is 1. The number of aromatic nitrogens is 1. The van der Waals surface area contributed by atoms with Gasteiger partial charge in [-0.05, 0) is 25.0 Å². The molecule has 0 bridgehead atoms. The molecule has 1 aliphatic rings. The Hall–Kier alpha value is -2.89. The van der Waals surface area contributed by atoms with E-state index in [0.29, 0.717) is 35.0 Å². The van der Waals surface area contributed by atoms with E-state index in [1.165, 1.54) is 12.3 Å². The number of amides is 2. The number of carbonyl (C=O) groups excluding carboxylic acids is 2. The minimum absolute atomic E-state index is 0.157. The highest BCUT2D eigenvalue weighted by Crippen LogP contribution is 2.15. The number of aromatic amines is 1. The third-order valence-corrected chi connectivity index (χ3v) is 3.69. The molecule has 3 N–H and O–H groups in total. The number of hydrogen-bond donors (Lipinski definition) is 3. The molecule has 1 saturated heterocycles. The summed E-state index contributed by atoms with van der Waals surface area (Å²) >= 11 is 0. The number of hydrogen-bond acceptors (Lipinski definition) is 3. The number of H-pyrrole nitrogens is 1. The monoisotopic (exact) mass is 297 g/mol. The number of nitrogens with one attached hydrogen (secondary N) is 3. The van der Waals surface area contributed by atoms with Gasteiger partial charge in [0.2, 0.25) is 5.91 Å². The summed E-state index contributed by atoms with van der Waals surface area (Å²) in [5.41, 5.74) is 1.31. The predicted molar refractivity (Wildman–Crippen MR) is 82.3 cm³/mol. The number of allylic oxidation sites excluding steroid dienone is 1. The van der Waals surface area contributed by atoms with Gasteiger partial charge in [-0.1, -0.05) is 12.6 Å². The molecule has 2 heterocycles. The highest BCUT2D eigenvalue weighted by molar-refractivity contribution is 6.06. The Morgan fingerprint density at radius 3 is 2.86 bits per heavy atom. The second-order valence-corrected chi connectivity index (χ2v) is 5.23. The summed E-state index contributed by atoms with van der Waals surface area (Å²) in [5, 5.41) is 5.77. The summed E-state index contributed by atoms with van der Waals surface area (Å²) in [4.78, 5) is 39.0. The van der Waals surface area contributed by atoms with Crippen molar-refractivity contribution in [1.82, 2.24) is 15.6 Å². The van der Waals surface area contributed by atoms with E-state index < -0.39 is 6.04 Å². The lowest BCUT2D eigenvalue weighted by Gasteiger charge is -2.24. The Kier molecular flexibility index (Phi) is 3.50. The van der Waals surface area contributed by atoms with E-state index in [1.54, 1.807) is 18.2 Å². The van der Waals surface area contributed by atoms with Crippen molar-refractivity contribution in [2.45, 2.75) is 18.9 Å². The number of rotatable bonds is 2. The number of benzene rings is 1. The molecule has 2 amide bonds. The molecule has 0 aliphatic carbocycles. The zero-order chi connectivity index (χ0) is 15.7. The van der Waals surface area contributed by atoms with Crippen LogP contribution in [-0.4, -0.2) is 22.8 Å². The molecule has 112 valence electrons. The summed E-state index contributed by atoms with van der Waals surface area (Å²) < 4.78 is 0. The van der Waals surface area contributed by atoms with Gasteiger partial charge in [0, 0.05) is 23.3 Å². The third kappa shape index (κ3) is 2.50. The lowest BCUT2D eigenvalue weighted by molar-refractivity contribution is -0.123.